The third kappa shape index (κ3) is 6.47. The van der Waals surface area contributed by atoms with Crippen molar-refractivity contribution in [1.29, 1.82) is 0 Å². The number of amides is 1. The zero-order chi connectivity index (χ0) is 25.5. The average molecular weight is 522 g/mol. The number of nitrogens with zero attached hydrogens (tertiary/aromatic N) is 1. The van der Waals surface area contributed by atoms with E-state index in [9.17, 15) is 4.79 Å². The zero-order valence-corrected chi connectivity index (χ0v) is 21.1. The van der Waals surface area contributed by atoms with Crippen LogP contribution < -0.4 is 20.5 Å². The lowest BCUT2D eigenvalue weighted by Crippen LogP contribution is -2.26. The van der Waals surface area contributed by atoms with Crippen LogP contribution in [0.1, 0.15) is 16.8 Å². The van der Waals surface area contributed by atoms with E-state index in [2.05, 4.69) is 10.3 Å². The Bertz CT molecular complexity index is 1410. The molecule has 0 radical (unpaired) electrons. The highest BCUT2D eigenvalue weighted by atomic mass is 35.5. The molecule has 4 rings (SSSR count). The van der Waals surface area contributed by atoms with Crippen molar-refractivity contribution >= 4 is 51.8 Å². The molecule has 1 amide bonds. The van der Waals surface area contributed by atoms with Gasteiger partial charge in [0.1, 0.15) is 30.2 Å². The number of nitrogens with two attached hydrogens (primary N) is 1. The Morgan fingerprint density at radius 2 is 1.81 bits per heavy atom. The van der Waals surface area contributed by atoms with Gasteiger partial charge in [0.15, 0.2) is 0 Å². The van der Waals surface area contributed by atoms with Crippen molar-refractivity contribution in [2.24, 2.45) is 0 Å². The van der Waals surface area contributed by atoms with Gasteiger partial charge in [-0.25, -0.2) is 4.98 Å². The van der Waals surface area contributed by atoms with Gasteiger partial charge >= 0.3 is 0 Å². The molecule has 0 saturated heterocycles. The van der Waals surface area contributed by atoms with Crippen molar-refractivity contribution in [2.75, 3.05) is 18.9 Å². The summed E-state index contributed by atoms with van der Waals surface area (Å²) in [5.41, 5.74) is 9.50. The lowest BCUT2D eigenvalue weighted by Gasteiger charge is -2.15. The maximum absolute atomic E-state index is 12.1. The van der Waals surface area contributed by atoms with Crippen molar-refractivity contribution in [1.82, 2.24) is 10.3 Å². The van der Waals surface area contributed by atoms with Crippen molar-refractivity contribution in [3.05, 3.63) is 99.7 Å². The van der Waals surface area contributed by atoms with E-state index in [1.54, 1.807) is 30.3 Å². The molecule has 6 nitrogen and oxygen atoms in total. The molecule has 0 spiro atoms. The predicted octanol–water partition coefficient (Wildman–Crippen LogP) is 6.22. The number of anilines is 1. The second kappa shape index (κ2) is 11.8. The van der Waals surface area contributed by atoms with Gasteiger partial charge in [-0.2, -0.15) is 0 Å². The molecular formula is C28H25Cl2N3O3. The first-order chi connectivity index (χ1) is 17.4. The first-order valence-electron chi connectivity index (χ1n) is 11.3. The number of hydrogen-bond donors (Lipinski definition) is 2. The molecule has 0 unspecified atom stereocenters. The van der Waals surface area contributed by atoms with Crippen molar-refractivity contribution in [2.45, 2.75) is 13.5 Å². The molecule has 8 heteroatoms. The van der Waals surface area contributed by atoms with Crippen LogP contribution in [0.2, 0.25) is 10.0 Å². The Labute approximate surface area is 219 Å². The third-order valence-electron chi connectivity index (χ3n) is 5.37. The van der Waals surface area contributed by atoms with E-state index in [0.717, 1.165) is 22.2 Å². The summed E-state index contributed by atoms with van der Waals surface area (Å²) in [4.78, 5) is 16.6. The molecule has 1 heterocycles. The summed E-state index contributed by atoms with van der Waals surface area (Å²) in [5, 5.41) is 4.59. The summed E-state index contributed by atoms with van der Waals surface area (Å²) in [7, 11) is 0. The summed E-state index contributed by atoms with van der Waals surface area (Å²) in [6, 6.07) is 20.4. The number of fused-ring (bicyclic) bond motifs is 1. The third-order valence-corrected chi connectivity index (χ3v) is 6.14. The predicted molar refractivity (Wildman–Crippen MR) is 146 cm³/mol. The van der Waals surface area contributed by atoms with Crippen molar-refractivity contribution in [3.8, 4) is 11.5 Å². The van der Waals surface area contributed by atoms with E-state index < -0.39 is 0 Å². The molecule has 3 aromatic carbocycles. The molecule has 0 bridgehead atoms. The number of halogens is 2. The van der Waals surface area contributed by atoms with Gasteiger partial charge < -0.3 is 20.5 Å². The second-order valence-electron chi connectivity index (χ2n) is 8.05. The molecule has 0 atom stereocenters. The number of aryl methyl sites for hydroxylation is 1. The number of para-hydroxylation sites is 1. The van der Waals surface area contributed by atoms with E-state index >= 15 is 0 Å². The Morgan fingerprint density at radius 1 is 1.00 bits per heavy atom. The maximum Gasteiger partial charge on any atom is 0.244 e. The number of pyridine rings is 1. The Morgan fingerprint density at radius 3 is 2.61 bits per heavy atom. The van der Waals surface area contributed by atoms with Crippen LogP contribution in [0.25, 0.3) is 17.0 Å². The molecule has 0 fully saturated rings. The fourth-order valence-electron chi connectivity index (χ4n) is 3.48. The summed E-state index contributed by atoms with van der Waals surface area (Å²) >= 11 is 13.0. The highest BCUT2D eigenvalue weighted by molar-refractivity contribution is 6.36. The lowest BCUT2D eigenvalue weighted by molar-refractivity contribution is -0.116. The van der Waals surface area contributed by atoms with Crippen LogP contribution in [-0.2, 0) is 11.4 Å². The average Bonchev–Trinajstić information content (AvgIpc) is 2.87. The first kappa shape index (κ1) is 25.4. The fraction of sp³-hybridized carbons (Fsp3) is 0.143. The number of aromatic nitrogens is 1. The van der Waals surface area contributed by atoms with Gasteiger partial charge in [-0.15, -0.1) is 0 Å². The van der Waals surface area contributed by atoms with Crippen LogP contribution in [0.3, 0.4) is 0 Å². The zero-order valence-electron chi connectivity index (χ0n) is 19.6. The summed E-state index contributed by atoms with van der Waals surface area (Å²) in [6.07, 6.45) is 3.17. The minimum Gasteiger partial charge on any atom is -0.490 e. The van der Waals surface area contributed by atoms with Gasteiger partial charge in [0.05, 0.1) is 11.6 Å². The first-order valence-corrected chi connectivity index (χ1v) is 12.1. The number of carbonyl (C=O) groups is 1. The molecule has 184 valence electrons. The molecule has 0 saturated carbocycles. The quantitative estimate of drug-likeness (QED) is 0.155. The molecule has 0 aliphatic heterocycles. The minimum atomic E-state index is -0.231. The topological polar surface area (TPSA) is 86.5 Å². The SMILES string of the molecule is Cc1ccc2cccc(OCc3c(Cl)ccc(OCCNC(=O)C=Cc4ccc(N)cc4)c3Cl)c2n1. The number of carbonyl (C=O) groups excluding carboxylic acids is 1. The number of hydrogen-bond acceptors (Lipinski definition) is 5. The van der Waals surface area contributed by atoms with Gasteiger partial charge in [-0.1, -0.05) is 53.5 Å². The van der Waals surface area contributed by atoms with Crippen LogP contribution in [0, 0.1) is 6.92 Å². The van der Waals surface area contributed by atoms with Gasteiger partial charge in [-0.3, -0.25) is 4.79 Å². The van der Waals surface area contributed by atoms with Crippen LogP contribution in [0.15, 0.2) is 72.8 Å². The van der Waals surface area contributed by atoms with E-state index in [1.807, 2.05) is 49.4 Å². The monoisotopic (exact) mass is 521 g/mol. The van der Waals surface area contributed by atoms with Gasteiger partial charge in [-0.05, 0) is 55.0 Å². The van der Waals surface area contributed by atoms with E-state index in [1.165, 1.54) is 6.08 Å². The van der Waals surface area contributed by atoms with Crippen molar-refractivity contribution in [3.63, 3.8) is 0 Å². The number of ether oxygens (including phenoxy) is 2. The lowest BCUT2D eigenvalue weighted by atomic mass is 10.2. The summed E-state index contributed by atoms with van der Waals surface area (Å²) in [5.74, 6) is 0.869. The standard InChI is InChI=1S/C28H25Cl2N3O3/c1-18-5-9-20-3-2-4-25(28(20)33-18)36-17-22-23(29)12-13-24(27(22)30)35-16-15-32-26(34)14-8-19-6-10-21(31)11-7-19/h2-14H,15-17,31H2,1H3,(H,32,34). The summed E-state index contributed by atoms with van der Waals surface area (Å²) < 4.78 is 11.8. The van der Waals surface area contributed by atoms with Crippen LogP contribution in [0.5, 0.6) is 11.5 Å². The molecule has 36 heavy (non-hydrogen) atoms. The Hall–Kier alpha value is -3.74. The van der Waals surface area contributed by atoms with Crippen LogP contribution >= 0.6 is 23.2 Å². The fourth-order valence-corrected chi connectivity index (χ4v) is 4.01. The van der Waals surface area contributed by atoms with E-state index in [0.29, 0.717) is 39.3 Å². The van der Waals surface area contributed by atoms with Gasteiger partial charge in [0.25, 0.3) is 0 Å². The van der Waals surface area contributed by atoms with Crippen LogP contribution in [-0.4, -0.2) is 24.0 Å². The number of nitrogen functional groups attached to an aromatic ring is 1. The highest BCUT2D eigenvalue weighted by Gasteiger charge is 2.14. The largest absolute Gasteiger partial charge is 0.490 e. The van der Waals surface area contributed by atoms with Crippen LogP contribution in [0.4, 0.5) is 5.69 Å². The van der Waals surface area contributed by atoms with Gasteiger partial charge in [0, 0.05) is 33.4 Å². The van der Waals surface area contributed by atoms with E-state index in [4.69, 9.17) is 38.4 Å². The Kier molecular flexibility index (Phi) is 8.31. The molecule has 4 aromatic rings. The normalized spacial score (nSPS) is 11.1. The second-order valence-corrected chi connectivity index (χ2v) is 8.83. The Balaban J connectivity index is 1.33. The number of nitrogens with one attached hydrogen (secondary N) is 1. The highest BCUT2D eigenvalue weighted by Crippen LogP contribution is 2.35. The van der Waals surface area contributed by atoms with Gasteiger partial charge in [0.2, 0.25) is 5.91 Å². The number of benzene rings is 3. The molecule has 0 aliphatic carbocycles. The molecule has 1 aromatic heterocycles. The molecule has 0 aliphatic rings. The maximum atomic E-state index is 12.1. The molecule has 3 N–H and O–H groups in total. The number of rotatable bonds is 9. The molecular weight excluding hydrogens is 497 g/mol. The van der Waals surface area contributed by atoms with Crippen molar-refractivity contribution < 1.29 is 14.3 Å². The smallest absolute Gasteiger partial charge is 0.244 e. The minimum absolute atomic E-state index is 0.149. The van der Waals surface area contributed by atoms with E-state index in [-0.39, 0.29) is 19.1 Å². The summed E-state index contributed by atoms with van der Waals surface area (Å²) in [6.45, 7) is 2.62.